The Bertz CT molecular complexity index is 391. The van der Waals surface area contributed by atoms with Crippen molar-refractivity contribution in [3.05, 3.63) is 41.7 Å². The van der Waals surface area contributed by atoms with E-state index in [1.807, 2.05) is 6.92 Å². The maximum Gasteiger partial charge on any atom is 0.141 e. The van der Waals surface area contributed by atoms with Crippen LogP contribution in [-0.4, -0.2) is 6.54 Å². The molecule has 0 unspecified atom stereocenters. The van der Waals surface area contributed by atoms with Crippen LogP contribution in [0.2, 0.25) is 0 Å². The molecule has 72 valence electrons. The van der Waals surface area contributed by atoms with Crippen molar-refractivity contribution in [3.63, 3.8) is 0 Å². The SMILES string of the molecule is C=C(C)CNc1ccc(F)c(C#N)c1. The number of hydrogen-bond donors (Lipinski definition) is 1. The molecule has 0 aliphatic heterocycles. The van der Waals surface area contributed by atoms with Crippen molar-refractivity contribution in [2.75, 3.05) is 11.9 Å². The fraction of sp³-hybridized carbons (Fsp3) is 0.182. The second kappa shape index (κ2) is 4.43. The fourth-order valence-corrected chi connectivity index (χ4v) is 0.974. The van der Waals surface area contributed by atoms with Gasteiger partial charge in [0.15, 0.2) is 0 Å². The Hall–Kier alpha value is -1.82. The largest absolute Gasteiger partial charge is 0.381 e. The molecular formula is C11H11FN2. The third-order valence-electron chi connectivity index (χ3n) is 1.68. The number of benzene rings is 1. The van der Waals surface area contributed by atoms with Crippen molar-refractivity contribution in [2.45, 2.75) is 6.92 Å². The number of nitriles is 1. The molecule has 0 saturated heterocycles. The van der Waals surface area contributed by atoms with Crippen LogP contribution >= 0.6 is 0 Å². The molecule has 0 fully saturated rings. The number of nitrogens with zero attached hydrogens (tertiary/aromatic N) is 1. The molecule has 2 nitrogen and oxygen atoms in total. The summed E-state index contributed by atoms with van der Waals surface area (Å²) >= 11 is 0. The molecule has 1 aromatic carbocycles. The number of halogens is 1. The summed E-state index contributed by atoms with van der Waals surface area (Å²) in [6.07, 6.45) is 0. The van der Waals surface area contributed by atoms with Crippen LogP contribution in [0.4, 0.5) is 10.1 Å². The summed E-state index contributed by atoms with van der Waals surface area (Å²) in [5.74, 6) is -0.492. The highest BCUT2D eigenvalue weighted by Crippen LogP contribution is 2.13. The topological polar surface area (TPSA) is 35.8 Å². The monoisotopic (exact) mass is 190 g/mol. The Morgan fingerprint density at radius 1 is 1.64 bits per heavy atom. The lowest BCUT2D eigenvalue weighted by Crippen LogP contribution is -2.02. The van der Waals surface area contributed by atoms with E-state index >= 15 is 0 Å². The molecule has 14 heavy (non-hydrogen) atoms. The van der Waals surface area contributed by atoms with Gasteiger partial charge < -0.3 is 5.32 Å². The molecule has 0 radical (unpaired) electrons. The van der Waals surface area contributed by atoms with Crippen molar-refractivity contribution in [2.24, 2.45) is 0 Å². The van der Waals surface area contributed by atoms with Crippen molar-refractivity contribution < 1.29 is 4.39 Å². The predicted molar refractivity (Wildman–Crippen MR) is 54.4 cm³/mol. The molecular weight excluding hydrogens is 179 g/mol. The minimum Gasteiger partial charge on any atom is -0.381 e. The third-order valence-corrected chi connectivity index (χ3v) is 1.68. The molecule has 1 N–H and O–H groups in total. The van der Waals surface area contributed by atoms with Crippen LogP contribution in [0.25, 0.3) is 0 Å². The minimum absolute atomic E-state index is 0.0525. The number of nitrogens with one attached hydrogen (secondary N) is 1. The van der Waals surface area contributed by atoms with Crippen LogP contribution in [0, 0.1) is 17.1 Å². The molecule has 1 aromatic rings. The van der Waals surface area contributed by atoms with E-state index in [4.69, 9.17) is 5.26 Å². The van der Waals surface area contributed by atoms with Gasteiger partial charge in [0.05, 0.1) is 5.56 Å². The van der Waals surface area contributed by atoms with E-state index in [9.17, 15) is 4.39 Å². The highest BCUT2D eigenvalue weighted by Gasteiger charge is 2.01. The van der Waals surface area contributed by atoms with E-state index in [-0.39, 0.29) is 5.56 Å². The molecule has 0 bridgehead atoms. The zero-order valence-electron chi connectivity index (χ0n) is 7.97. The first-order valence-electron chi connectivity index (χ1n) is 4.21. The smallest absolute Gasteiger partial charge is 0.141 e. The van der Waals surface area contributed by atoms with Gasteiger partial charge in [-0.05, 0) is 25.1 Å². The molecule has 0 heterocycles. The van der Waals surface area contributed by atoms with Crippen molar-refractivity contribution >= 4 is 5.69 Å². The van der Waals surface area contributed by atoms with Gasteiger partial charge in [-0.2, -0.15) is 5.26 Å². The van der Waals surface area contributed by atoms with Crippen LogP contribution in [-0.2, 0) is 0 Å². The van der Waals surface area contributed by atoms with Gasteiger partial charge in [-0.15, -0.1) is 0 Å². The Balaban J connectivity index is 2.80. The lowest BCUT2D eigenvalue weighted by Gasteiger charge is -2.05. The van der Waals surface area contributed by atoms with E-state index in [2.05, 4.69) is 11.9 Å². The summed E-state index contributed by atoms with van der Waals surface area (Å²) in [6.45, 7) is 6.24. The summed E-state index contributed by atoms with van der Waals surface area (Å²) < 4.78 is 12.9. The highest BCUT2D eigenvalue weighted by molar-refractivity contribution is 5.50. The molecule has 1 rings (SSSR count). The van der Waals surface area contributed by atoms with Gasteiger partial charge in [0.25, 0.3) is 0 Å². The molecule has 0 spiro atoms. The lowest BCUT2D eigenvalue weighted by molar-refractivity contribution is 0.624. The van der Waals surface area contributed by atoms with Gasteiger partial charge in [0.2, 0.25) is 0 Å². The number of anilines is 1. The molecule has 0 saturated carbocycles. The van der Waals surface area contributed by atoms with Gasteiger partial charge in [-0.25, -0.2) is 4.39 Å². The zero-order valence-corrected chi connectivity index (χ0v) is 7.97. The van der Waals surface area contributed by atoms with Crippen LogP contribution in [0.15, 0.2) is 30.4 Å². The zero-order chi connectivity index (χ0) is 10.6. The third kappa shape index (κ3) is 2.60. The average Bonchev–Trinajstić information content (AvgIpc) is 2.16. The van der Waals surface area contributed by atoms with Gasteiger partial charge in [-0.3, -0.25) is 0 Å². The van der Waals surface area contributed by atoms with Crippen LogP contribution < -0.4 is 5.32 Å². The summed E-state index contributed by atoms with van der Waals surface area (Å²) in [6, 6.07) is 6.14. The average molecular weight is 190 g/mol. The Morgan fingerprint density at radius 2 is 2.36 bits per heavy atom. The second-order valence-electron chi connectivity index (χ2n) is 3.12. The van der Waals surface area contributed by atoms with Crippen molar-refractivity contribution in [3.8, 4) is 6.07 Å². The maximum absolute atomic E-state index is 12.9. The molecule has 0 aliphatic rings. The molecule has 0 atom stereocenters. The van der Waals surface area contributed by atoms with Crippen LogP contribution in [0.3, 0.4) is 0 Å². The summed E-state index contributed by atoms with van der Waals surface area (Å²) in [5, 5.41) is 11.6. The van der Waals surface area contributed by atoms with Crippen molar-refractivity contribution in [1.82, 2.24) is 0 Å². The minimum atomic E-state index is -0.492. The summed E-state index contributed by atoms with van der Waals surface area (Å²) in [4.78, 5) is 0. The number of hydrogen-bond acceptors (Lipinski definition) is 2. The van der Waals surface area contributed by atoms with Gasteiger partial charge in [0, 0.05) is 12.2 Å². The molecule has 0 aliphatic carbocycles. The highest BCUT2D eigenvalue weighted by atomic mass is 19.1. The molecule has 0 aromatic heterocycles. The van der Waals surface area contributed by atoms with E-state index in [1.165, 1.54) is 12.1 Å². The fourth-order valence-electron chi connectivity index (χ4n) is 0.974. The van der Waals surface area contributed by atoms with Crippen molar-refractivity contribution in [1.29, 1.82) is 5.26 Å². The first-order valence-corrected chi connectivity index (χ1v) is 4.21. The summed E-state index contributed by atoms with van der Waals surface area (Å²) in [5.41, 5.74) is 1.76. The van der Waals surface area contributed by atoms with E-state index in [0.29, 0.717) is 6.54 Å². The lowest BCUT2D eigenvalue weighted by atomic mass is 10.2. The van der Waals surface area contributed by atoms with E-state index in [1.54, 1.807) is 12.1 Å². The van der Waals surface area contributed by atoms with Gasteiger partial charge in [-0.1, -0.05) is 12.2 Å². The van der Waals surface area contributed by atoms with Gasteiger partial charge >= 0.3 is 0 Å². The van der Waals surface area contributed by atoms with Crippen LogP contribution in [0.5, 0.6) is 0 Å². The van der Waals surface area contributed by atoms with Crippen LogP contribution in [0.1, 0.15) is 12.5 Å². The summed E-state index contributed by atoms with van der Waals surface area (Å²) in [7, 11) is 0. The molecule has 3 heteroatoms. The maximum atomic E-state index is 12.9. The van der Waals surface area contributed by atoms with E-state index in [0.717, 1.165) is 11.3 Å². The predicted octanol–water partition coefficient (Wildman–Crippen LogP) is 2.69. The Morgan fingerprint density at radius 3 is 2.93 bits per heavy atom. The second-order valence-corrected chi connectivity index (χ2v) is 3.12. The first kappa shape index (κ1) is 10.3. The van der Waals surface area contributed by atoms with E-state index < -0.39 is 5.82 Å². The first-order chi connectivity index (χ1) is 6.63. The molecule has 0 amide bonds. The quantitative estimate of drug-likeness (QED) is 0.744. The Labute approximate surface area is 82.7 Å². The Kier molecular flexibility index (Phi) is 3.24. The standard InChI is InChI=1S/C11H11FN2/c1-8(2)7-14-10-3-4-11(12)9(5-10)6-13/h3-5,14H,1,7H2,2H3. The normalized spacial score (nSPS) is 9.21. The van der Waals surface area contributed by atoms with Gasteiger partial charge in [0.1, 0.15) is 11.9 Å². The number of rotatable bonds is 3.